The van der Waals surface area contributed by atoms with Crippen molar-refractivity contribution in [3.05, 3.63) is 83.4 Å². The summed E-state index contributed by atoms with van der Waals surface area (Å²) < 4.78 is 14.9. The number of fused-ring (bicyclic) bond motifs is 1. The van der Waals surface area contributed by atoms with Crippen LogP contribution in [0, 0.1) is 5.82 Å². The minimum atomic E-state index is -0.282. The third-order valence-electron chi connectivity index (χ3n) is 5.73. The van der Waals surface area contributed by atoms with Gasteiger partial charge in [-0.05, 0) is 60.7 Å². The highest BCUT2D eigenvalue weighted by molar-refractivity contribution is 14.0. The highest BCUT2D eigenvalue weighted by Gasteiger charge is 2.19. The molecule has 0 saturated heterocycles. The highest BCUT2D eigenvalue weighted by atomic mass is 127. The number of carbonyl (C=O) groups excluding carboxylic acids is 1. The molecule has 34 heavy (non-hydrogen) atoms. The third-order valence-corrected chi connectivity index (χ3v) is 5.73. The lowest BCUT2D eigenvalue weighted by molar-refractivity contribution is -0.127. The average Bonchev–Trinajstić information content (AvgIpc) is 3.30. The van der Waals surface area contributed by atoms with E-state index in [1.165, 1.54) is 23.3 Å². The van der Waals surface area contributed by atoms with Crippen molar-refractivity contribution in [2.24, 2.45) is 4.99 Å². The van der Waals surface area contributed by atoms with Gasteiger partial charge >= 0.3 is 0 Å². The predicted molar refractivity (Wildman–Crippen MR) is 142 cm³/mol. The second-order valence-corrected chi connectivity index (χ2v) is 8.39. The predicted octanol–water partition coefficient (Wildman–Crippen LogP) is 3.31. The number of rotatable bonds is 6. The summed E-state index contributed by atoms with van der Waals surface area (Å²) in [7, 11) is 3.46. The summed E-state index contributed by atoms with van der Waals surface area (Å²) in [6, 6.07) is 16.8. The van der Waals surface area contributed by atoms with Gasteiger partial charge in [-0.25, -0.2) is 14.1 Å². The first kappa shape index (κ1) is 25.7. The lowest BCUT2D eigenvalue weighted by atomic mass is 9.88. The number of nitrogens with one attached hydrogen (secondary N) is 2. The first-order valence-electron chi connectivity index (χ1n) is 11.1. The molecule has 1 heterocycles. The number of amides is 1. The Balaban J connectivity index is 0.00000324. The fraction of sp³-hybridized carbons (Fsp3) is 0.320. The molecular formula is C25H30FIN6O. The molecule has 0 fully saturated rings. The summed E-state index contributed by atoms with van der Waals surface area (Å²) in [5.41, 5.74) is 4.30. The number of carbonyl (C=O) groups is 1. The van der Waals surface area contributed by atoms with Gasteiger partial charge < -0.3 is 15.5 Å². The number of aliphatic imine (C=N–C) groups is 1. The topological polar surface area (TPSA) is 74.5 Å². The molecule has 0 saturated carbocycles. The molecule has 0 bridgehead atoms. The van der Waals surface area contributed by atoms with Crippen molar-refractivity contribution < 1.29 is 9.18 Å². The van der Waals surface area contributed by atoms with Crippen LogP contribution >= 0.6 is 24.0 Å². The van der Waals surface area contributed by atoms with Crippen molar-refractivity contribution in [2.75, 3.05) is 20.6 Å². The van der Waals surface area contributed by atoms with Crippen molar-refractivity contribution in [1.82, 2.24) is 25.3 Å². The molecule has 1 amide bonds. The van der Waals surface area contributed by atoms with Crippen LogP contribution in [-0.4, -0.2) is 53.2 Å². The van der Waals surface area contributed by atoms with E-state index in [0.29, 0.717) is 12.5 Å². The molecule has 3 aromatic rings. The molecule has 1 aliphatic rings. The first-order valence-corrected chi connectivity index (χ1v) is 11.1. The van der Waals surface area contributed by atoms with Gasteiger partial charge in [0.25, 0.3) is 0 Å². The Morgan fingerprint density at radius 2 is 1.88 bits per heavy atom. The van der Waals surface area contributed by atoms with Crippen LogP contribution in [0.5, 0.6) is 0 Å². The molecule has 1 unspecified atom stereocenters. The summed E-state index contributed by atoms with van der Waals surface area (Å²) in [5, 5.41) is 11.2. The van der Waals surface area contributed by atoms with Crippen LogP contribution in [0.3, 0.4) is 0 Å². The Morgan fingerprint density at radius 1 is 1.15 bits per heavy atom. The second-order valence-electron chi connectivity index (χ2n) is 8.39. The number of aromatic nitrogens is 2. The molecule has 9 heteroatoms. The van der Waals surface area contributed by atoms with Crippen molar-refractivity contribution in [1.29, 1.82) is 0 Å². The fourth-order valence-corrected chi connectivity index (χ4v) is 3.83. The number of halogens is 2. The molecular weight excluding hydrogens is 546 g/mol. The molecule has 2 N–H and O–H groups in total. The van der Waals surface area contributed by atoms with E-state index >= 15 is 0 Å². The van der Waals surface area contributed by atoms with E-state index in [9.17, 15) is 9.18 Å². The van der Waals surface area contributed by atoms with Crippen molar-refractivity contribution in [2.45, 2.75) is 31.8 Å². The van der Waals surface area contributed by atoms with E-state index in [2.05, 4.69) is 45.0 Å². The van der Waals surface area contributed by atoms with Gasteiger partial charge in [0, 0.05) is 26.3 Å². The SMILES string of the molecule is CN(C)C(=O)CNC(=NCc1ccn(-c2ccc(F)cc2)n1)NC1CCc2ccccc2C1.I. The minimum absolute atomic E-state index is 0. The largest absolute Gasteiger partial charge is 0.353 e. The Bertz CT molecular complexity index is 1130. The van der Waals surface area contributed by atoms with Gasteiger partial charge in [-0.3, -0.25) is 4.79 Å². The normalized spacial score (nSPS) is 15.1. The standard InChI is InChI=1S/C25H29FN6O.HI/c1-31(2)24(33)17-28-25(29-21-10-7-18-5-3-4-6-19(18)15-21)27-16-22-13-14-32(30-22)23-11-8-20(26)9-12-23;/h3-6,8-9,11-14,21H,7,10,15-17H2,1-2H3,(H2,27,28,29);1H. The molecule has 1 aromatic heterocycles. The van der Waals surface area contributed by atoms with Crippen molar-refractivity contribution in [3.8, 4) is 5.69 Å². The Morgan fingerprint density at radius 3 is 2.62 bits per heavy atom. The van der Waals surface area contributed by atoms with E-state index in [-0.39, 0.29) is 48.3 Å². The number of nitrogens with zero attached hydrogens (tertiary/aromatic N) is 4. The van der Waals surface area contributed by atoms with Crippen LogP contribution < -0.4 is 10.6 Å². The van der Waals surface area contributed by atoms with Crippen LogP contribution in [0.15, 0.2) is 65.8 Å². The van der Waals surface area contributed by atoms with Gasteiger partial charge in [0.1, 0.15) is 5.82 Å². The Hall–Kier alpha value is -2.95. The van der Waals surface area contributed by atoms with E-state index < -0.39 is 0 Å². The lowest BCUT2D eigenvalue weighted by Crippen LogP contribution is -2.48. The van der Waals surface area contributed by atoms with Gasteiger partial charge in [0.05, 0.1) is 24.5 Å². The van der Waals surface area contributed by atoms with Crippen LogP contribution in [-0.2, 0) is 24.2 Å². The van der Waals surface area contributed by atoms with Gasteiger partial charge in [-0.2, -0.15) is 5.10 Å². The smallest absolute Gasteiger partial charge is 0.241 e. The van der Waals surface area contributed by atoms with E-state index in [1.807, 2.05) is 12.3 Å². The number of likely N-dealkylation sites (N-methyl/N-ethyl adjacent to an activating group) is 1. The summed E-state index contributed by atoms with van der Waals surface area (Å²) in [6.07, 6.45) is 4.75. The summed E-state index contributed by atoms with van der Waals surface area (Å²) in [5.74, 6) is 0.278. The Kier molecular flexibility index (Phi) is 9.03. The number of guanidine groups is 1. The van der Waals surface area contributed by atoms with Crippen LogP contribution in [0.1, 0.15) is 23.2 Å². The molecule has 1 atom stereocenters. The van der Waals surface area contributed by atoms with Crippen molar-refractivity contribution in [3.63, 3.8) is 0 Å². The molecule has 7 nitrogen and oxygen atoms in total. The maximum atomic E-state index is 13.2. The molecule has 0 aliphatic heterocycles. The second kappa shape index (κ2) is 12.0. The number of benzene rings is 2. The monoisotopic (exact) mass is 576 g/mol. The molecule has 4 rings (SSSR count). The maximum Gasteiger partial charge on any atom is 0.241 e. The number of hydrogen-bond donors (Lipinski definition) is 2. The van der Waals surface area contributed by atoms with Gasteiger partial charge in [0.2, 0.25) is 5.91 Å². The zero-order chi connectivity index (χ0) is 23.2. The van der Waals surface area contributed by atoms with Crippen LogP contribution in [0.25, 0.3) is 5.69 Å². The molecule has 2 aromatic carbocycles. The highest BCUT2D eigenvalue weighted by Crippen LogP contribution is 2.21. The first-order chi connectivity index (χ1) is 16.0. The summed E-state index contributed by atoms with van der Waals surface area (Å²) >= 11 is 0. The summed E-state index contributed by atoms with van der Waals surface area (Å²) in [4.78, 5) is 18.3. The van der Waals surface area contributed by atoms with Crippen molar-refractivity contribution >= 4 is 35.8 Å². The zero-order valence-corrected chi connectivity index (χ0v) is 21.7. The quantitative estimate of drug-likeness (QED) is 0.269. The van der Waals surface area contributed by atoms with Gasteiger partial charge in [-0.1, -0.05) is 24.3 Å². The minimum Gasteiger partial charge on any atom is -0.353 e. The zero-order valence-electron chi connectivity index (χ0n) is 19.4. The lowest BCUT2D eigenvalue weighted by Gasteiger charge is -2.27. The van der Waals surface area contributed by atoms with Gasteiger partial charge in [-0.15, -0.1) is 24.0 Å². The molecule has 0 radical (unpaired) electrons. The van der Waals surface area contributed by atoms with E-state index in [1.54, 1.807) is 35.8 Å². The number of aryl methyl sites for hydroxylation is 1. The maximum absolute atomic E-state index is 13.2. The van der Waals surface area contributed by atoms with Gasteiger partial charge in [0.15, 0.2) is 5.96 Å². The number of hydrogen-bond acceptors (Lipinski definition) is 3. The average molecular weight is 576 g/mol. The van der Waals surface area contributed by atoms with E-state index in [0.717, 1.165) is 30.6 Å². The Labute approximate surface area is 216 Å². The van der Waals surface area contributed by atoms with Crippen LogP contribution in [0.2, 0.25) is 0 Å². The molecule has 1 aliphatic carbocycles. The molecule has 0 spiro atoms. The summed E-state index contributed by atoms with van der Waals surface area (Å²) in [6.45, 7) is 0.509. The van der Waals surface area contributed by atoms with E-state index in [4.69, 9.17) is 0 Å². The fourth-order valence-electron chi connectivity index (χ4n) is 3.83. The molecule has 180 valence electrons. The third kappa shape index (κ3) is 6.78. The van der Waals surface area contributed by atoms with Crippen LogP contribution in [0.4, 0.5) is 4.39 Å².